The van der Waals surface area contributed by atoms with Gasteiger partial charge >= 0.3 is 23.9 Å². The number of benzene rings is 4. The molecule has 0 amide bonds. The summed E-state index contributed by atoms with van der Waals surface area (Å²) in [6, 6.07) is 23.2. The summed E-state index contributed by atoms with van der Waals surface area (Å²) in [5, 5.41) is 35.6. The summed E-state index contributed by atoms with van der Waals surface area (Å²) in [4.78, 5) is 43.1. The Kier molecular flexibility index (Phi) is 9.28. The second-order valence-corrected chi connectivity index (χ2v) is 11.5. The van der Waals surface area contributed by atoms with Crippen LogP contribution in [0.1, 0.15) is 66.4 Å². The first-order valence-electron chi connectivity index (χ1n) is 12.2. The quantitative estimate of drug-likeness (QED) is 0.209. The van der Waals surface area contributed by atoms with E-state index in [0.717, 1.165) is 23.3 Å². The maximum atomic E-state index is 12.4. The van der Waals surface area contributed by atoms with Gasteiger partial charge in [-0.05, 0) is 71.8 Å². The highest BCUT2D eigenvalue weighted by atomic mass is 32.2. The molecule has 0 saturated carbocycles. The fourth-order valence-electron chi connectivity index (χ4n) is 3.95. The molecule has 4 aromatic carbocycles. The Morgan fingerprint density at radius 3 is 1.10 bits per heavy atom. The van der Waals surface area contributed by atoms with Crippen LogP contribution in [-0.4, -0.2) is 52.7 Å². The highest BCUT2D eigenvalue weighted by Crippen LogP contribution is 2.31. The molecule has 0 fully saturated rings. The first-order valence-corrected chi connectivity index (χ1v) is 13.7. The summed E-state index contributed by atoms with van der Waals surface area (Å²) >= 11 is 0. The second kappa shape index (κ2) is 12.5. The van der Waals surface area contributed by atoms with Crippen LogP contribution in [0.4, 0.5) is 0 Å². The minimum absolute atomic E-state index is 0.162. The molecule has 0 aliphatic rings. The summed E-state index contributed by atoms with van der Waals surface area (Å²) in [6.45, 7) is 4.02. The van der Waals surface area contributed by atoms with Crippen LogP contribution in [0.15, 0.2) is 107 Å². The molecule has 0 aliphatic heterocycles. The molecule has 0 spiro atoms. The molecule has 0 bridgehead atoms. The standard InChI is InChI=1S/C17H16O4.C14H10O6S/c1-17(2,13-7-3-11(4-8-13)15(18)19)14-9-5-12(6-10-14)16(20)21;15-13(16)9-3-1-5-11(7-9)21(19,20)12-6-2-4-10(8-12)14(17)18/h3-10H,1-2H3,(H,18,19)(H,20,21);1-8H,(H,15,16)(H,17,18). The van der Waals surface area contributed by atoms with E-state index in [0.29, 0.717) is 0 Å². The third-order valence-corrected chi connectivity index (χ3v) is 8.24. The first kappa shape index (κ1) is 31.2. The van der Waals surface area contributed by atoms with E-state index in [1.165, 1.54) is 36.4 Å². The number of aromatic carboxylic acids is 4. The van der Waals surface area contributed by atoms with Gasteiger partial charge in [0.25, 0.3) is 0 Å². The van der Waals surface area contributed by atoms with Crippen molar-refractivity contribution in [3.05, 3.63) is 130 Å². The van der Waals surface area contributed by atoms with Crippen LogP contribution in [0.2, 0.25) is 0 Å². The van der Waals surface area contributed by atoms with E-state index in [1.54, 1.807) is 48.5 Å². The Balaban J connectivity index is 0.000000230. The van der Waals surface area contributed by atoms with Gasteiger partial charge in [0.1, 0.15) is 0 Å². The lowest BCUT2D eigenvalue weighted by atomic mass is 9.78. The summed E-state index contributed by atoms with van der Waals surface area (Å²) < 4.78 is 24.8. The monoisotopic (exact) mass is 590 g/mol. The van der Waals surface area contributed by atoms with Gasteiger partial charge in [-0.25, -0.2) is 27.6 Å². The highest BCUT2D eigenvalue weighted by Gasteiger charge is 2.24. The Labute approximate surface area is 241 Å². The van der Waals surface area contributed by atoms with Gasteiger partial charge in [0.05, 0.1) is 32.0 Å². The molecule has 0 atom stereocenters. The van der Waals surface area contributed by atoms with E-state index in [2.05, 4.69) is 0 Å². The Morgan fingerprint density at radius 2 is 0.810 bits per heavy atom. The molecule has 4 rings (SSSR count). The van der Waals surface area contributed by atoms with Gasteiger partial charge in [0, 0.05) is 5.41 Å². The first-order chi connectivity index (χ1) is 19.6. The van der Waals surface area contributed by atoms with E-state index >= 15 is 0 Å². The Bertz CT molecular complexity index is 1630. The molecule has 0 heterocycles. The van der Waals surface area contributed by atoms with Crippen molar-refractivity contribution >= 4 is 33.7 Å². The van der Waals surface area contributed by atoms with Gasteiger partial charge in [0.15, 0.2) is 0 Å². The van der Waals surface area contributed by atoms with Crippen LogP contribution < -0.4 is 0 Å². The van der Waals surface area contributed by atoms with Crippen LogP contribution in [0.5, 0.6) is 0 Å². The smallest absolute Gasteiger partial charge is 0.335 e. The predicted molar refractivity (Wildman–Crippen MR) is 151 cm³/mol. The summed E-state index contributed by atoms with van der Waals surface area (Å²) in [5.41, 5.74) is 1.77. The number of hydrogen-bond acceptors (Lipinski definition) is 6. The van der Waals surface area contributed by atoms with Crippen LogP contribution in [0.3, 0.4) is 0 Å². The molecule has 0 radical (unpaired) electrons. The summed E-state index contributed by atoms with van der Waals surface area (Å²) in [6.07, 6.45) is 0. The minimum atomic E-state index is -3.98. The van der Waals surface area contributed by atoms with Gasteiger partial charge in [-0.2, -0.15) is 0 Å². The summed E-state index contributed by atoms with van der Waals surface area (Å²) in [7, 11) is -3.98. The molecule has 42 heavy (non-hydrogen) atoms. The fraction of sp³-hybridized carbons (Fsp3) is 0.0968. The van der Waals surface area contributed by atoms with Gasteiger partial charge in [-0.3, -0.25) is 0 Å². The fourth-order valence-corrected chi connectivity index (χ4v) is 5.31. The molecular formula is C31H26O10S. The topological polar surface area (TPSA) is 183 Å². The SMILES string of the molecule is CC(C)(c1ccc(C(=O)O)cc1)c1ccc(C(=O)O)cc1.O=C(O)c1cccc(S(=O)(=O)c2cccc(C(=O)O)c2)c1. The average molecular weight is 591 g/mol. The molecular weight excluding hydrogens is 564 g/mol. The van der Waals surface area contributed by atoms with Crippen molar-refractivity contribution in [2.75, 3.05) is 0 Å². The van der Waals surface area contributed by atoms with E-state index < -0.39 is 33.7 Å². The van der Waals surface area contributed by atoms with Crippen molar-refractivity contribution in [2.45, 2.75) is 29.1 Å². The lowest BCUT2D eigenvalue weighted by molar-refractivity contribution is 0.0686. The molecule has 0 aliphatic carbocycles. The zero-order valence-corrected chi connectivity index (χ0v) is 23.2. The van der Waals surface area contributed by atoms with Crippen molar-refractivity contribution in [1.29, 1.82) is 0 Å². The van der Waals surface area contributed by atoms with E-state index in [1.807, 2.05) is 13.8 Å². The zero-order valence-electron chi connectivity index (χ0n) is 22.4. The number of carbonyl (C=O) groups is 4. The molecule has 0 aromatic heterocycles. The van der Waals surface area contributed by atoms with Crippen LogP contribution in [0.25, 0.3) is 0 Å². The molecule has 11 heteroatoms. The van der Waals surface area contributed by atoms with Crippen molar-refractivity contribution < 1.29 is 48.0 Å². The lowest BCUT2D eigenvalue weighted by Crippen LogP contribution is -2.19. The number of sulfone groups is 1. The van der Waals surface area contributed by atoms with Gasteiger partial charge < -0.3 is 20.4 Å². The predicted octanol–water partition coefficient (Wildman–Crippen LogP) is 5.32. The molecule has 216 valence electrons. The maximum Gasteiger partial charge on any atom is 0.335 e. The summed E-state index contributed by atoms with van der Waals surface area (Å²) in [5.74, 6) is -4.40. The zero-order chi connectivity index (χ0) is 31.2. The van der Waals surface area contributed by atoms with E-state index in [-0.39, 0.29) is 37.5 Å². The van der Waals surface area contributed by atoms with Crippen molar-refractivity contribution in [3.63, 3.8) is 0 Å². The third-order valence-electron chi connectivity index (χ3n) is 6.49. The van der Waals surface area contributed by atoms with Crippen LogP contribution in [0, 0.1) is 0 Å². The van der Waals surface area contributed by atoms with Crippen molar-refractivity contribution in [1.82, 2.24) is 0 Å². The second-order valence-electron chi connectivity index (χ2n) is 9.56. The van der Waals surface area contributed by atoms with Gasteiger partial charge in [-0.15, -0.1) is 0 Å². The van der Waals surface area contributed by atoms with Crippen LogP contribution >= 0.6 is 0 Å². The largest absolute Gasteiger partial charge is 0.478 e. The van der Waals surface area contributed by atoms with Crippen LogP contribution in [-0.2, 0) is 15.3 Å². The molecule has 10 nitrogen and oxygen atoms in total. The Morgan fingerprint density at radius 1 is 0.500 bits per heavy atom. The van der Waals surface area contributed by atoms with Gasteiger partial charge in [0.2, 0.25) is 9.84 Å². The molecule has 4 aromatic rings. The van der Waals surface area contributed by atoms with Gasteiger partial charge in [-0.1, -0.05) is 50.2 Å². The van der Waals surface area contributed by atoms with E-state index in [4.69, 9.17) is 20.4 Å². The Hall–Kier alpha value is -5.29. The molecule has 0 unspecified atom stereocenters. The van der Waals surface area contributed by atoms with Crippen molar-refractivity contribution in [2.24, 2.45) is 0 Å². The lowest BCUT2D eigenvalue weighted by Gasteiger charge is -2.26. The van der Waals surface area contributed by atoms with E-state index in [9.17, 15) is 27.6 Å². The minimum Gasteiger partial charge on any atom is -0.478 e. The third kappa shape index (κ3) is 7.07. The maximum absolute atomic E-state index is 12.4. The highest BCUT2D eigenvalue weighted by molar-refractivity contribution is 7.91. The average Bonchev–Trinajstić information content (AvgIpc) is 2.97. The number of hydrogen-bond donors (Lipinski definition) is 4. The number of rotatable bonds is 8. The molecule has 0 saturated heterocycles. The van der Waals surface area contributed by atoms with Crippen molar-refractivity contribution in [3.8, 4) is 0 Å². The normalized spacial score (nSPS) is 11.1. The molecule has 4 N–H and O–H groups in total. The number of carboxylic acids is 4. The number of carboxylic acid groups (broad SMARTS) is 4.